The highest BCUT2D eigenvalue weighted by Crippen LogP contribution is 2.06. The fourth-order valence-electron chi connectivity index (χ4n) is 1.72. The summed E-state index contributed by atoms with van der Waals surface area (Å²) in [6.07, 6.45) is 4.37. The van der Waals surface area contributed by atoms with Crippen molar-refractivity contribution in [1.29, 1.82) is 0 Å². The molecule has 0 bridgehead atoms. The molecular weight excluding hydrogens is 254 g/mol. The van der Waals surface area contributed by atoms with Crippen LogP contribution in [0.25, 0.3) is 0 Å². The van der Waals surface area contributed by atoms with Gasteiger partial charge in [-0.15, -0.1) is 0 Å². The Morgan fingerprint density at radius 1 is 1.30 bits per heavy atom. The lowest BCUT2D eigenvalue weighted by Crippen LogP contribution is -2.29. The summed E-state index contributed by atoms with van der Waals surface area (Å²) >= 11 is 0. The number of hydrogen-bond acceptors (Lipinski definition) is 3. The van der Waals surface area contributed by atoms with Gasteiger partial charge in [0.15, 0.2) is 0 Å². The van der Waals surface area contributed by atoms with Gasteiger partial charge < -0.3 is 10.2 Å². The first kappa shape index (κ1) is 16.1. The molecule has 0 unspecified atom stereocenters. The van der Waals surface area contributed by atoms with Crippen molar-refractivity contribution in [3.8, 4) is 0 Å². The Kier molecular flexibility index (Phi) is 6.70. The Balaban J connectivity index is 2.76. The minimum Gasteiger partial charge on any atom is -0.352 e. The topological polar surface area (TPSA) is 62.3 Å². The number of aromatic nitrogens is 1. The van der Waals surface area contributed by atoms with Crippen molar-refractivity contribution in [2.45, 2.75) is 33.1 Å². The largest absolute Gasteiger partial charge is 0.352 e. The molecule has 5 heteroatoms. The molecule has 110 valence electrons. The maximum atomic E-state index is 12.2. The van der Waals surface area contributed by atoms with Crippen LogP contribution in [0.1, 0.15) is 54.0 Å². The Bertz CT molecular complexity index is 460. The van der Waals surface area contributed by atoms with Crippen molar-refractivity contribution in [3.63, 3.8) is 0 Å². The van der Waals surface area contributed by atoms with E-state index in [9.17, 15) is 9.59 Å². The minimum absolute atomic E-state index is 0.149. The smallest absolute Gasteiger partial charge is 0.272 e. The predicted molar refractivity (Wildman–Crippen MR) is 78.7 cm³/mol. The summed E-state index contributed by atoms with van der Waals surface area (Å²) in [4.78, 5) is 29.7. The summed E-state index contributed by atoms with van der Waals surface area (Å²) in [5, 5.41) is 2.79. The number of amides is 2. The molecule has 0 saturated carbocycles. The van der Waals surface area contributed by atoms with Gasteiger partial charge in [-0.2, -0.15) is 0 Å². The minimum atomic E-state index is -0.167. The summed E-state index contributed by atoms with van der Waals surface area (Å²) in [6, 6.07) is 3.17. The quantitative estimate of drug-likeness (QED) is 0.830. The van der Waals surface area contributed by atoms with Crippen LogP contribution in [-0.2, 0) is 0 Å². The van der Waals surface area contributed by atoms with Gasteiger partial charge in [-0.3, -0.25) is 14.6 Å². The summed E-state index contributed by atoms with van der Waals surface area (Å²) in [5.74, 6) is -0.317. The molecule has 0 aliphatic carbocycles. The number of carbonyl (C=O) groups is 2. The predicted octanol–water partition coefficient (Wildman–Crippen LogP) is 2.09. The Morgan fingerprint density at radius 3 is 2.70 bits per heavy atom. The average molecular weight is 277 g/mol. The van der Waals surface area contributed by atoms with E-state index in [-0.39, 0.29) is 11.8 Å². The van der Waals surface area contributed by atoms with Gasteiger partial charge in [0, 0.05) is 31.9 Å². The van der Waals surface area contributed by atoms with Gasteiger partial charge in [0.25, 0.3) is 11.8 Å². The first-order valence-corrected chi connectivity index (χ1v) is 7.09. The van der Waals surface area contributed by atoms with Crippen LogP contribution in [-0.4, -0.2) is 41.8 Å². The van der Waals surface area contributed by atoms with Crippen molar-refractivity contribution in [1.82, 2.24) is 15.2 Å². The third-order valence-electron chi connectivity index (χ3n) is 2.97. The monoisotopic (exact) mass is 277 g/mol. The lowest BCUT2D eigenvalue weighted by Gasteiger charge is -2.16. The molecule has 1 N–H and O–H groups in total. The first-order chi connectivity index (χ1) is 9.60. The van der Waals surface area contributed by atoms with E-state index in [4.69, 9.17) is 0 Å². The molecule has 0 fully saturated rings. The molecule has 0 radical (unpaired) electrons. The first-order valence-electron chi connectivity index (χ1n) is 7.09. The van der Waals surface area contributed by atoms with Gasteiger partial charge in [0.05, 0.1) is 0 Å². The third kappa shape index (κ3) is 4.64. The molecule has 0 aliphatic rings. The molecule has 1 aromatic rings. The van der Waals surface area contributed by atoms with E-state index in [2.05, 4.69) is 17.2 Å². The van der Waals surface area contributed by atoms with Crippen LogP contribution in [0.15, 0.2) is 18.3 Å². The van der Waals surface area contributed by atoms with Gasteiger partial charge in [-0.05, 0) is 25.0 Å². The van der Waals surface area contributed by atoms with Gasteiger partial charge in [-0.1, -0.05) is 20.3 Å². The SMILES string of the molecule is CCCCN(C)C(=O)c1cc(C(=O)NCCC)ccn1. The van der Waals surface area contributed by atoms with Crippen molar-refractivity contribution in [2.75, 3.05) is 20.1 Å². The second-order valence-corrected chi connectivity index (χ2v) is 4.77. The zero-order valence-corrected chi connectivity index (χ0v) is 12.5. The van der Waals surface area contributed by atoms with Gasteiger partial charge in [-0.25, -0.2) is 0 Å². The fraction of sp³-hybridized carbons (Fsp3) is 0.533. The highest BCUT2D eigenvalue weighted by molar-refractivity contribution is 5.98. The van der Waals surface area contributed by atoms with E-state index in [1.54, 1.807) is 24.1 Å². The van der Waals surface area contributed by atoms with Gasteiger partial charge >= 0.3 is 0 Å². The molecule has 1 heterocycles. The molecule has 5 nitrogen and oxygen atoms in total. The summed E-state index contributed by atoms with van der Waals surface area (Å²) in [5.41, 5.74) is 0.786. The summed E-state index contributed by atoms with van der Waals surface area (Å²) in [6.45, 7) is 5.39. The van der Waals surface area contributed by atoms with Gasteiger partial charge in [0.1, 0.15) is 5.69 Å². The normalized spacial score (nSPS) is 10.2. The van der Waals surface area contributed by atoms with Crippen molar-refractivity contribution < 1.29 is 9.59 Å². The molecule has 20 heavy (non-hydrogen) atoms. The molecule has 1 aromatic heterocycles. The van der Waals surface area contributed by atoms with E-state index in [0.717, 1.165) is 19.3 Å². The number of pyridine rings is 1. The highest BCUT2D eigenvalue weighted by Gasteiger charge is 2.14. The van der Waals surface area contributed by atoms with Crippen LogP contribution >= 0.6 is 0 Å². The lowest BCUT2D eigenvalue weighted by atomic mass is 10.2. The zero-order chi connectivity index (χ0) is 15.0. The van der Waals surface area contributed by atoms with Crippen LogP contribution in [0.3, 0.4) is 0 Å². The number of nitrogens with one attached hydrogen (secondary N) is 1. The maximum Gasteiger partial charge on any atom is 0.272 e. The Hall–Kier alpha value is -1.91. The molecule has 0 aromatic carbocycles. The van der Waals surface area contributed by atoms with Crippen molar-refractivity contribution in [3.05, 3.63) is 29.6 Å². The highest BCUT2D eigenvalue weighted by atomic mass is 16.2. The molecule has 0 spiro atoms. The number of carbonyl (C=O) groups excluding carboxylic acids is 2. The van der Waals surface area contributed by atoms with Crippen LogP contribution in [0.2, 0.25) is 0 Å². The second kappa shape index (κ2) is 8.30. The molecule has 2 amide bonds. The van der Waals surface area contributed by atoms with E-state index in [0.29, 0.717) is 24.3 Å². The summed E-state index contributed by atoms with van der Waals surface area (Å²) < 4.78 is 0. The maximum absolute atomic E-state index is 12.2. The second-order valence-electron chi connectivity index (χ2n) is 4.77. The standard InChI is InChI=1S/C15H23N3O2/c1-4-6-10-18(3)15(20)13-11-12(7-9-16-13)14(19)17-8-5-2/h7,9,11H,4-6,8,10H2,1-3H3,(H,17,19). The number of hydrogen-bond donors (Lipinski definition) is 1. The molecule has 1 rings (SSSR count). The summed E-state index contributed by atoms with van der Waals surface area (Å²) in [7, 11) is 1.75. The van der Waals surface area contributed by atoms with Crippen LogP contribution in [0.5, 0.6) is 0 Å². The molecule has 0 atom stereocenters. The Morgan fingerprint density at radius 2 is 2.05 bits per heavy atom. The van der Waals surface area contributed by atoms with E-state index < -0.39 is 0 Å². The fourth-order valence-corrected chi connectivity index (χ4v) is 1.72. The molecule has 0 aliphatic heterocycles. The van der Waals surface area contributed by atoms with Crippen LogP contribution in [0.4, 0.5) is 0 Å². The molecular formula is C15H23N3O2. The lowest BCUT2D eigenvalue weighted by molar-refractivity contribution is 0.0787. The van der Waals surface area contributed by atoms with E-state index in [1.165, 1.54) is 6.20 Å². The third-order valence-corrected chi connectivity index (χ3v) is 2.97. The van der Waals surface area contributed by atoms with Crippen LogP contribution in [0, 0.1) is 0 Å². The molecule has 0 saturated heterocycles. The van der Waals surface area contributed by atoms with Crippen molar-refractivity contribution in [2.24, 2.45) is 0 Å². The zero-order valence-electron chi connectivity index (χ0n) is 12.5. The number of rotatable bonds is 7. The van der Waals surface area contributed by atoms with Crippen molar-refractivity contribution >= 4 is 11.8 Å². The average Bonchev–Trinajstić information content (AvgIpc) is 2.49. The van der Waals surface area contributed by atoms with Gasteiger partial charge in [0.2, 0.25) is 0 Å². The Labute approximate surface area is 120 Å². The van der Waals surface area contributed by atoms with E-state index in [1.807, 2.05) is 6.92 Å². The van der Waals surface area contributed by atoms with Crippen LogP contribution < -0.4 is 5.32 Å². The number of nitrogens with zero attached hydrogens (tertiary/aromatic N) is 2. The van der Waals surface area contributed by atoms with E-state index >= 15 is 0 Å². The number of unbranched alkanes of at least 4 members (excludes halogenated alkanes) is 1.